The van der Waals surface area contributed by atoms with E-state index < -0.39 is 0 Å². The molecule has 204 valence electrons. The molecule has 5 nitrogen and oxygen atoms in total. The van der Waals surface area contributed by atoms with Crippen molar-refractivity contribution in [3.05, 3.63) is 0 Å². The highest BCUT2D eigenvalue weighted by molar-refractivity contribution is 8.13. The van der Waals surface area contributed by atoms with Crippen molar-refractivity contribution in [3.63, 3.8) is 0 Å². The minimum atomic E-state index is -0.273. The summed E-state index contributed by atoms with van der Waals surface area (Å²) in [7, 11) is 2.10. The first kappa shape index (κ1) is 32.5. The first-order valence-corrected chi connectivity index (χ1v) is 15.9. The molecular weight excluding hydrogens is 478 g/mol. The van der Waals surface area contributed by atoms with Crippen molar-refractivity contribution in [2.24, 2.45) is 16.7 Å². The largest absolute Gasteiger partial charge is 0.462 e. The molecule has 0 atom stereocenters. The van der Waals surface area contributed by atoms with Gasteiger partial charge in [-0.05, 0) is 84.0 Å². The molecule has 0 bridgehead atoms. The van der Waals surface area contributed by atoms with Crippen LogP contribution in [0.15, 0.2) is 0 Å². The predicted octanol–water partition coefficient (Wildman–Crippen LogP) is 6.97. The van der Waals surface area contributed by atoms with Gasteiger partial charge in [-0.15, -0.1) is 0 Å². The maximum absolute atomic E-state index is 12.9. The lowest BCUT2D eigenvalue weighted by atomic mass is 9.87. The third kappa shape index (κ3) is 12.5. The molecule has 1 saturated heterocycles. The molecule has 0 aromatic rings. The van der Waals surface area contributed by atoms with E-state index in [0.717, 1.165) is 90.1 Å². The Bertz CT molecular complexity index is 619. The number of ether oxygens (including phenoxy) is 1. The van der Waals surface area contributed by atoms with Gasteiger partial charge in [0, 0.05) is 10.8 Å². The van der Waals surface area contributed by atoms with Crippen LogP contribution >= 0.6 is 23.5 Å². The van der Waals surface area contributed by atoms with Crippen LogP contribution < -0.4 is 0 Å². The third-order valence-electron chi connectivity index (χ3n) is 7.47. The molecule has 0 radical (unpaired) electrons. The lowest BCUT2D eigenvalue weighted by Crippen LogP contribution is -2.35. The van der Waals surface area contributed by atoms with Crippen LogP contribution in [-0.4, -0.2) is 59.9 Å². The third-order valence-corrected chi connectivity index (χ3v) is 9.31. The van der Waals surface area contributed by atoms with E-state index in [0.29, 0.717) is 0 Å². The summed E-state index contributed by atoms with van der Waals surface area (Å²) in [5.74, 6) is 0.0203. The number of hydrogen-bond acceptors (Lipinski definition) is 7. The smallest absolute Gasteiger partial charge is 0.309 e. The van der Waals surface area contributed by atoms with Crippen molar-refractivity contribution in [1.29, 1.82) is 0 Å². The van der Waals surface area contributed by atoms with Gasteiger partial charge in [0.2, 0.25) is 0 Å². The van der Waals surface area contributed by atoms with Crippen molar-refractivity contribution < 1.29 is 19.1 Å². The summed E-state index contributed by atoms with van der Waals surface area (Å²) < 4.78 is 6.06. The van der Waals surface area contributed by atoms with Crippen molar-refractivity contribution in [3.8, 4) is 0 Å². The van der Waals surface area contributed by atoms with Gasteiger partial charge in [0.1, 0.15) is 6.10 Å². The van der Waals surface area contributed by atoms with Gasteiger partial charge >= 0.3 is 5.97 Å². The van der Waals surface area contributed by atoms with Gasteiger partial charge in [0.15, 0.2) is 10.2 Å². The van der Waals surface area contributed by atoms with Crippen LogP contribution in [0, 0.1) is 16.7 Å². The van der Waals surface area contributed by atoms with E-state index in [1.165, 1.54) is 23.5 Å². The second-order valence-electron chi connectivity index (χ2n) is 11.6. The van der Waals surface area contributed by atoms with Crippen LogP contribution in [0.4, 0.5) is 0 Å². The standard InChI is InChI=1S/C28H51NO4S2/c1-27(2,25(31)34-6)18-12-8-10-14-23(33-24(30)22-16-20-29(5)21-17-22)15-11-9-13-19-28(3,4)26(32)35-7/h22-23H,8-21H2,1-7H3. The first-order valence-electron chi connectivity index (χ1n) is 13.5. The molecule has 0 aromatic heterocycles. The predicted molar refractivity (Wildman–Crippen MR) is 151 cm³/mol. The molecule has 1 rings (SSSR count). The normalized spacial score (nSPS) is 16.0. The fourth-order valence-electron chi connectivity index (χ4n) is 4.76. The Balaban J connectivity index is 2.50. The molecule has 0 aromatic carbocycles. The fraction of sp³-hybridized carbons (Fsp3) is 0.893. The van der Waals surface area contributed by atoms with Crippen molar-refractivity contribution in [1.82, 2.24) is 4.90 Å². The number of carbonyl (C=O) groups is 3. The zero-order valence-electron chi connectivity index (χ0n) is 23.5. The number of unbranched alkanes of at least 4 members (excludes halogenated alkanes) is 4. The van der Waals surface area contributed by atoms with Crippen LogP contribution in [0.2, 0.25) is 0 Å². The summed E-state index contributed by atoms with van der Waals surface area (Å²) in [5, 5.41) is 0.509. The molecule has 7 heteroatoms. The van der Waals surface area contributed by atoms with Crippen molar-refractivity contribution in [2.75, 3.05) is 32.6 Å². The van der Waals surface area contributed by atoms with E-state index in [1.807, 2.05) is 40.2 Å². The molecule has 0 spiro atoms. The van der Waals surface area contributed by atoms with Gasteiger partial charge in [0.05, 0.1) is 5.92 Å². The van der Waals surface area contributed by atoms with Gasteiger partial charge in [-0.25, -0.2) is 0 Å². The lowest BCUT2D eigenvalue weighted by Gasteiger charge is -2.29. The van der Waals surface area contributed by atoms with E-state index in [2.05, 4.69) is 11.9 Å². The lowest BCUT2D eigenvalue weighted by molar-refractivity contribution is -0.156. The molecule has 1 aliphatic rings. The number of nitrogens with zero attached hydrogens (tertiary/aromatic N) is 1. The van der Waals surface area contributed by atoms with Crippen LogP contribution in [0.1, 0.15) is 105 Å². The summed E-state index contributed by atoms with van der Waals surface area (Å²) in [4.78, 5) is 39.3. The quantitative estimate of drug-likeness (QED) is 0.158. The SMILES string of the molecule is CSC(=O)C(C)(C)CCCCCC(CCCCCC(C)(C)C(=O)SC)OC(=O)C1CCN(C)CC1. The topological polar surface area (TPSA) is 63.7 Å². The highest BCUT2D eigenvalue weighted by atomic mass is 32.2. The number of likely N-dealkylation sites (tertiary alicyclic amines) is 1. The summed E-state index contributed by atoms with van der Waals surface area (Å²) in [6.45, 7) is 10.1. The highest BCUT2D eigenvalue weighted by Gasteiger charge is 2.28. The second kappa shape index (κ2) is 16.3. The number of carbonyl (C=O) groups excluding carboxylic acids is 3. The van der Waals surface area contributed by atoms with Crippen LogP contribution in [0.25, 0.3) is 0 Å². The average molecular weight is 530 g/mol. The number of thioether (sulfide) groups is 2. The monoisotopic (exact) mass is 529 g/mol. The zero-order valence-corrected chi connectivity index (χ0v) is 25.1. The molecule has 0 amide bonds. The van der Waals surface area contributed by atoms with Crippen molar-refractivity contribution in [2.45, 2.75) is 111 Å². The number of hydrogen-bond donors (Lipinski definition) is 0. The molecule has 1 heterocycles. The Morgan fingerprint density at radius 3 is 1.63 bits per heavy atom. The van der Waals surface area contributed by atoms with E-state index in [4.69, 9.17) is 4.74 Å². The Hall–Kier alpha value is -0.530. The van der Waals surface area contributed by atoms with E-state index >= 15 is 0 Å². The molecular formula is C28H51NO4S2. The van der Waals surface area contributed by atoms with Gasteiger partial charge in [-0.1, -0.05) is 76.9 Å². The molecule has 0 N–H and O–H groups in total. The average Bonchev–Trinajstić information content (AvgIpc) is 2.82. The second-order valence-corrected chi connectivity index (χ2v) is 13.1. The Labute approximate surface area is 223 Å². The van der Waals surface area contributed by atoms with E-state index in [-0.39, 0.29) is 39.1 Å². The van der Waals surface area contributed by atoms with Gasteiger partial charge in [-0.3, -0.25) is 14.4 Å². The minimum absolute atomic E-state index is 0.0125. The summed E-state index contributed by atoms with van der Waals surface area (Å²) >= 11 is 2.64. The van der Waals surface area contributed by atoms with E-state index in [9.17, 15) is 14.4 Å². The number of piperidine rings is 1. The Kier molecular flexibility index (Phi) is 15.2. The van der Waals surface area contributed by atoms with Gasteiger partial charge in [-0.2, -0.15) is 0 Å². The maximum atomic E-state index is 12.9. The van der Waals surface area contributed by atoms with E-state index in [1.54, 1.807) is 0 Å². The Morgan fingerprint density at radius 1 is 0.800 bits per heavy atom. The zero-order chi connectivity index (χ0) is 26.5. The number of rotatable bonds is 16. The van der Waals surface area contributed by atoms with Crippen LogP contribution in [0.3, 0.4) is 0 Å². The summed E-state index contributed by atoms with van der Waals surface area (Å²) in [6, 6.07) is 0. The van der Waals surface area contributed by atoms with Gasteiger partial charge in [0.25, 0.3) is 0 Å². The van der Waals surface area contributed by atoms with Crippen molar-refractivity contribution >= 4 is 39.7 Å². The first-order chi connectivity index (χ1) is 16.4. The van der Waals surface area contributed by atoms with Crippen LogP contribution in [0.5, 0.6) is 0 Å². The molecule has 1 fully saturated rings. The highest BCUT2D eigenvalue weighted by Crippen LogP contribution is 2.31. The summed E-state index contributed by atoms with van der Waals surface area (Å²) in [5.41, 5.74) is -0.546. The fourth-order valence-corrected chi connectivity index (χ4v) is 6.06. The molecule has 0 aliphatic carbocycles. The van der Waals surface area contributed by atoms with Gasteiger partial charge < -0.3 is 9.64 Å². The number of esters is 1. The summed E-state index contributed by atoms with van der Waals surface area (Å²) in [6.07, 6.45) is 15.2. The Morgan fingerprint density at radius 2 is 1.23 bits per heavy atom. The maximum Gasteiger partial charge on any atom is 0.309 e. The minimum Gasteiger partial charge on any atom is -0.462 e. The van der Waals surface area contributed by atoms with Crippen LogP contribution in [-0.2, 0) is 19.1 Å². The molecule has 1 aliphatic heterocycles. The molecule has 0 saturated carbocycles. The molecule has 35 heavy (non-hydrogen) atoms. The molecule has 0 unspecified atom stereocenters.